The lowest BCUT2D eigenvalue weighted by Crippen LogP contribution is -2.14. The molecule has 0 bridgehead atoms. The monoisotopic (exact) mass is 434 g/mol. The number of hydrogen-bond donors (Lipinski definition) is 1. The van der Waals surface area contributed by atoms with Gasteiger partial charge in [0.25, 0.3) is 17.3 Å². The van der Waals surface area contributed by atoms with Crippen LogP contribution in [-0.2, 0) is 0 Å². The SMILES string of the molecule is Cc1ccc2nc(-c3ccc(NC(=O)c4ccc([N+](=O)[O-])cc4[N+](=O)[O-])cc3)sc2c1. The first-order valence-corrected chi connectivity index (χ1v) is 9.85. The minimum atomic E-state index is -0.820. The van der Waals surface area contributed by atoms with Crippen LogP contribution in [0.5, 0.6) is 0 Å². The maximum absolute atomic E-state index is 12.5. The number of rotatable bonds is 5. The molecule has 4 rings (SSSR count). The number of non-ortho nitro benzene ring substituents is 1. The lowest BCUT2D eigenvalue weighted by atomic mass is 10.1. The topological polar surface area (TPSA) is 128 Å². The maximum atomic E-state index is 12.5. The molecule has 1 amide bonds. The fourth-order valence-electron chi connectivity index (χ4n) is 3.03. The van der Waals surface area contributed by atoms with Gasteiger partial charge in [-0.15, -0.1) is 11.3 Å². The lowest BCUT2D eigenvalue weighted by Gasteiger charge is -2.06. The summed E-state index contributed by atoms with van der Waals surface area (Å²) in [6.07, 6.45) is 0. The fraction of sp³-hybridized carbons (Fsp3) is 0.0476. The molecular weight excluding hydrogens is 420 g/mol. The van der Waals surface area contributed by atoms with Crippen LogP contribution in [0.1, 0.15) is 15.9 Å². The smallest absolute Gasteiger partial charge is 0.289 e. The van der Waals surface area contributed by atoms with Crippen molar-refractivity contribution in [3.05, 3.63) is 92.0 Å². The fourth-order valence-corrected chi connectivity index (χ4v) is 4.10. The Kier molecular flexibility index (Phi) is 5.14. The van der Waals surface area contributed by atoms with E-state index in [-0.39, 0.29) is 5.56 Å². The number of carbonyl (C=O) groups excluding carboxylic acids is 1. The number of fused-ring (bicyclic) bond motifs is 1. The van der Waals surface area contributed by atoms with Crippen LogP contribution in [0.25, 0.3) is 20.8 Å². The summed E-state index contributed by atoms with van der Waals surface area (Å²) < 4.78 is 1.08. The van der Waals surface area contributed by atoms with E-state index in [0.29, 0.717) is 5.69 Å². The Labute approximate surface area is 179 Å². The average Bonchev–Trinajstić information content (AvgIpc) is 3.16. The van der Waals surface area contributed by atoms with Crippen LogP contribution in [0.15, 0.2) is 60.7 Å². The number of aryl methyl sites for hydroxylation is 1. The van der Waals surface area contributed by atoms with Crippen LogP contribution in [0.3, 0.4) is 0 Å². The lowest BCUT2D eigenvalue weighted by molar-refractivity contribution is -0.394. The van der Waals surface area contributed by atoms with Gasteiger partial charge < -0.3 is 5.32 Å². The number of aromatic nitrogens is 1. The van der Waals surface area contributed by atoms with Gasteiger partial charge in [0.15, 0.2) is 0 Å². The van der Waals surface area contributed by atoms with E-state index in [1.165, 1.54) is 0 Å². The molecule has 4 aromatic rings. The number of thiazole rings is 1. The number of hydrogen-bond acceptors (Lipinski definition) is 7. The number of nitrogens with one attached hydrogen (secondary N) is 1. The molecule has 0 unspecified atom stereocenters. The summed E-state index contributed by atoms with van der Waals surface area (Å²) in [5.74, 6) is -0.732. The molecule has 31 heavy (non-hydrogen) atoms. The number of nitro benzene ring substituents is 2. The molecule has 154 valence electrons. The summed E-state index contributed by atoms with van der Waals surface area (Å²) in [5.41, 5.74) is 2.01. The molecule has 1 aromatic heterocycles. The Morgan fingerprint density at radius 1 is 0.968 bits per heavy atom. The third-order valence-corrected chi connectivity index (χ3v) is 5.63. The summed E-state index contributed by atoms with van der Waals surface area (Å²) >= 11 is 1.56. The van der Waals surface area contributed by atoms with Gasteiger partial charge in [-0.2, -0.15) is 0 Å². The Balaban J connectivity index is 1.57. The molecular formula is C21H14N4O5S. The Hall–Kier alpha value is -4.18. The molecule has 1 heterocycles. The minimum absolute atomic E-state index is 0.263. The predicted octanol–water partition coefficient (Wildman–Crippen LogP) is 5.34. The second-order valence-corrected chi connectivity index (χ2v) is 7.77. The number of nitrogens with zero attached hydrogens (tertiary/aromatic N) is 3. The van der Waals surface area contributed by atoms with Crippen LogP contribution >= 0.6 is 11.3 Å². The quantitative estimate of drug-likeness (QED) is 0.333. The molecule has 9 nitrogen and oxygen atoms in total. The van der Waals surface area contributed by atoms with Gasteiger partial charge in [0, 0.05) is 17.3 Å². The first kappa shape index (κ1) is 20.1. The molecule has 0 atom stereocenters. The molecule has 0 saturated heterocycles. The molecule has 0 aliphatic carbocycles. The standard InChI is InChI=1S/C21H14N4O5S/c1-12-2-9-17-19(10-12)31-21(23-17)13-3-5-14(6-4-13)22-20(26)16-8-7-15(24(27)28)11-18(16)25(29)30/h2-11H,1H3,(H,22,26). The van der Waals surface area contributed by atoms with Gasteiger partial charge in [0.2, 0.25) is 0 Å². The summed E-state index contributed by atoms with van der Waals surface area (Å²) in [7, 11) is 0. The highest BCUT2D eigenvalue weighted by Gasteiger charge is 2.24. The van der Waals surface area contributed by atoms with Gasteiger partial charge in [-0.3, -0.25) is 25.0 Å². The molecule has 0 radical (unpaired) electrons. The third kappa shape index (κ3) is 4.09. The highest BCUT2D eigenvalue weighted by molar-refractivity contribution is 7.21. The largest absolute Gasteiger partial charge is 0.322 e. The molecule has 0 spiro atoms. The number of anilines is 1. The summed E-state index contributed by atoms with van der Waals surface area (Å²) in [4.78, 5) is 37.7. The highest BCUT2D eigenvalue weighted by Crippen LogP contribution is 2.31. The number of nitro groups is 2. The van der Waals surface area contributed by atoms with Crippen LogP contribution in [0.2, 0.25) is 0 Å². The van der Waals surface area contributed by atoms with Crippen LogP contribution in [0.4, 0.5) is 17.1 Å². The first-order chi connectivity index (χ1) is 14.8. The van der Waals surface area contributed by atoms with Gasteiger partial charge in [-0.05, 0) is 55.0 Å². The molecule has 1 N–H and O–H groups in total. The number of amides is 1. The van der Waals surface area contributed by atoms with Crippen LogP contribution < -0.4 is 5.32 Å². The Bertz CT molecular complexity index is 1350. The Morgan fingerprint density at radius 2 is 1.71 bits per heavy atom. The number of carbonyl (C=O) groups is 1. The molecule has 0 fully saturated rings. The maximum Gasteiger partial charge on any atom is 0.289 e. The van der Waals surface area contributed by atoms with Gasteiger partial charge in [0.05, 0.1) is 26.1 Å². The Morgan fingerprint density at radius 3 is 2.39 bits per heavy atom. The van der Waals surface area contributed by atoms with Gasteiger partial charge >= 0.3 is 0 Å². The number of benzene rings is 3. The second-order valence-electron chi connectivity index (χ2n) is 6.74. The summed E-state index contributed by atoms with van der Waals surface area (Å²) in [5, 5.41) is 25.5. The van der Waals surface area contributed by atoms with Gasteiger partial charge in [-0.25, -0.2) is 4.98 Å². The first-order valence-electron chi connectivity index (χ1n) is 9.03. The predicted molar refractivity (Wildman–Crippen MR) is 117 cm³/mol. The van der Waals surface area contributed by atoms with Crippen LogP contribution in [-0.4, -0.2) is 20.7 Å². The van der Waals surface area contributed by atoms with E-state index in [4.69, 9.17) is 0 Å². The molecule has 0 aliphatic heterocycles. The van der Waals surface area contributed by atoms with Crippen molar-refractivity contribution in [3.8, 4) is 10.6 Å². The van der Waals surface area contributed by atoms with Crippen molar-refractivity contribution in [2.24, 2.45) is 0 Å². The summed E-state index contributed by atoms with van der Waals surface area (Å²) in [6, 6.07) is 15.9. The van der Waals surface area contributed by atoms with Crippen LogP contribution in [0, 0.1) is 27.2 Å². The van der Waals surface area contributed by atoms with Gasteiger partial charge in [0.1, 0.15) is 10.6 Å². The zero-order valence-electron chi connectivity index (χ0n) is 16.1. The third-order valence-electron chi connectivity index (χ3n) is 4.57. The average molecular weight is 434 g/mol. The normalized spacial score (nSPS) is 10.7. The zero-order chi connectivity index (χ0) is 22.1. The van der Waals surface area contributed by atoms with E-state index >= 15 is 0 Å². The summed E-state index contributed by atoms with van der Waals surface area (Å²) in [6.45, 7) is 2.02. The van der Waals surface area contributed by atoms with Crippen molar-refractivity contribution in [1.29, 1.82) is 0 Å². The van der Waals surface area contributed by atoms with E-state index in [1.54, 1.807) is 35.6 Å². The zero-order valence-corrected chi connectivity index (χ0v) is 16.9. The molecule has 0 aliphatic rings. The van der Waals surface area contributed by atoms with Crippen molar-refractivity contribution >= 4 is 44.5 Å². The molecule has 0 saturated carbocycles. The second kappa shape index (κ2) is 7.92. The van der Waals surface area contributed by atoms with Gasteiger partial charge in [-0.1, -0.05) is 6.07 Å². The van der Waals surface area contributed by atoms with Crippen molar-refractivity contribution in [3.63, 3.8) is 0 Å². The van der Waals surface area contributed by atoms with E-state index < -0.39 is 27.1 Å². The van der Waals surface area contributed by atoms with E-state index in [1.807, 2.05) is 19.1 Å². The van der Waals surface area contributed by atoms with E-state index in [0.717, 1.165) is 44.6 Å². The van der Waals surface area contributed by atoms with E-state index in [9.17, 15) is 25.0 Å². The molecule has 3 aromatic carbocycles. The van der Waals surface area contributed by atoms with Crippen molar-refractivity contribution < 1.29 is 14.6 Å². The highest BCUT2D eigenvalue weighted by atomic mass is 32.1. The molecule has 10 heteroatoms. The van der Waals surface area contributed by atoms with Crippen molar-refractivity contribution in [2.75, 3.05) is 5.32 Å². The van der Waals surface area contributed by atoms with Crippen molar-refractivity contribution in [2.45, 2.75) is 6.92 Å². The van der Waals surface area contributed by atoms with Crippen molar-refractivity contribution in [1.82, 2.24) is 4.98 Å². The van der Waals surface area contributed by atoms with E-state index in [2.05, 4.69) is 16.4 Å². The minimum Gasteiger partial charge on any atom is -0.322 e.